The number of allylic oxidation sites excluding steroid dienone is 2. The Kier molecular flexibility index (Phi) is 3.54. The summed E-state index contributed by atoms with van der Waals surface area (Å²) in [5.41, 5.74) is 1.20. The van der Waals surface area contributed by atoms with Crippen molar-refractivity contribution < 1.29 is 13.2 Å². The second kappa shape index (κ2) is 4.62. The SMILES string of the molecule is CC(C)=C[C@H]1[C@H](C(=O)N[C@@H]2CCS(=O)(=O)C2)C1(C)C. The molecule has 4 nitrogen and oxygen atoms in total. The summed E-state index contributed by atoms with van der Waals surface area (Å²) in [5.74, 6) is 0.554. The van der Waals surface area contributed by atoms with Crippen LogP contribution in [0.2, 0.25) is 0 Å². The monoisotopic (exact) mass is 285 g/mol. The van der Waals surface area contributed by atoms with Crippen LogP contribution in [0.3, 0.4) is 0 Å². The lowest BCUT2D eigenvalue weighted by Crippen LogP contribution is -2.37. The van der Waals surface area contributed by atoms with Gasteiger partial charge in [-0.05, 0) is 31.6 Å². The Hall–Kier alpha value is -0.840. The molecule has 5 heteroatoms. The fourth-order valence-corrected chi connectivity index (χ4v) is 4.72. The van der Waals surface area contributed by atoms with Gasteiger partial charge < -0.3 is 5.32 Å². The van der Waals surface area contributed by atoms with Crippen molar-refractivity contribution >= 4 is 15.7 Å². The van der Waals surface area contributed by atoms with Crippen LogP contribution >= 0.6 is 0 Å². The molecule has 2 rings (SSSR count). The van der Waals surface area contributed by atoms with E-state index in [9.17, 15) is 13.2 Å². The molecule has 108 valence electrons. The number of hydrogen-bond acceptors (Lipinski definition) is 3. The van der Waals surface area contributed by atoms with E-state index in [1.165, 1.54) is 5.57 Å². The fraction of sp³-hybridized carbons (Fsp3) is 0.786. The molecule has 3 atom stereocenters. The van der Waals surface area contributed by atoms with Gasteiger partial charge in [0.2, 0.25) is 5.91 Å². The van der Waals surface area contributed by atoms with Crippen LogP contribution in [0.25, 0.3) is 0 Å². The zero-order valence-corrected chi connectivity index (χ0v) is 12.9. The Bertz CT molecular complexity index is 515. The number of hydrogen-bond donors (Lipinski definition) is 1. The van der Waals surface area contributed by atoms with Crippen molar-refractivity contribution in [1.82, 2.24) is 5.32 Å². The summed E-state index contributed by atoms with van der Waals surface area (Å²) in [4.78, 5) is 12.2. The van der Waals surface area contributed by atoms with Crippen molar-refractivity contribution in [2.45, 2.75) is 40.2 Å². The second-order valence-electron chi connectivity index (χ2n) is 6.68. The fourth-order valence-electron chi connectivity index (χ4n) is 3.05. The van der Waals surface area contributed by atoms with Gasteiger partial charge in [0.05, 0.1) is 17.4 Å². The van der Waals surface area contributed by atoms with Crippen molar-refractivity contribution in [3.8, 4) is 0 Å². The van der Waals surface area contributed by atoms with Crippen LogP contribution in [-0.2, 0) is 14.6 Å². The highest BCUT2D eigenvalue weighted by Gasteiger charge is 2.60. The Balaban J connectivity index is 1.97. The zero-order chi connectivity index (χ0) is 14.4. The third-order valence-corrected chi connectivity index (χ3v) is 6.05. The Morgan fingerprint density at radius 2 is 1.95 bits per heavy atom. The van der Waals surface area contributed by atoms with Gasteiger partial charge >= 0.3 is 0 Å². The predicted octanol–water partition coefficient (Wildman–Crippen LogP) is 1.53. The molecular formula is C14H23NO3S. The van der Waals surface area contributed by atoms with Gasteiger partial charge in [0, 0.05) is 6.04 Å². The maximum atomic E-state index is 12.2. The summed E-state index contributed by atoms with van der Waals surface area (Å²) in [7, 11) is -2.93. The highest BCUT2D eigenvalue weighted by Crippen LogP contribution is 2.59. The first kappa shape index (κ1) is 14.6. The molecule has 1 aliphatic heterocycles. The highest BCUT2D eigenvalue weighted by molar-refractivity contribution is 7.91. The topological polar surface area (TPSA) is 63.2 Å². The van der Waals surface area contributed by atoms with Crippen LogP contribution in [0, 0.1) is 17.3 Å². The third kappa shape index (κ3) is 3.02. The van der Waals surface area contributed by atoms with E-state index in [2.05, 4.69) is 25.2 Å². The molecule has 0 aromatic heterocycles. The number of carbonyl (C=O) groups is 1. The Morgan fingerprint density at radius 3 is 2.42 bits per heavy atom. The molecular weight excluding hydrogens is 262 g/mol. The van der Waals surface area contributed by atoms with Gasteiger partial charge in [0.25, 0.3) is 0 Å². The molecule has 0 bridgehead atoms. The van der Waals surface area contributed by atoms with Gasteiger partial charge in [-0.15, -0.1) is 0 Å². The number of nitrogens with one attached hydrogen (secondary N) is 1. The van der Waals surface area contributed by atoms with Gasteiger partial charge in [-0.1, -0.05) is 25.5 Å². The van der Waals surface area contributed by atoms with Crippen LogP contribution in [0.5, 0.6) is 0 Å². The second-order valence-corrected chi connectivity index (χ2v) is 8.91. The smallest absolute Gasteiger partial charge is 0.224 e. The van der Waals surface area contributed by atoms with E-state index in [0.717, 1.165) is 0 Å². The quantitative estimate of drug-likeness (QED) is 0.800. The number of sulfone groups is 1. The molecule has 1 amide bonds. The molecule has 1 saturated heterocycles. The summed E-state index contributed by atoms with van der Waals surface area (Å²) in [6.07, 6.45) is 2.70. The molecule has 1 aliphatic carbocycles. The zero-order valence-electron chi connectivity index (χ0n) is 12.1. The number of carbonyl (C=O) groups excluding carboxylic acids is 1. The number of amides is 1. The van der Waals surface area contributed by atoms with Gasteiger partial charge in [-0.25, -0.2) is 8.42 Å². The van der Waals surface area contributed by atoms with E-state index in [1.807, 2.05) is 13.8 Å². The largest absolute Gasteiger partial charge is 0.352 e. The minimum absolute atomic E-state index is 0.00889. The van der Waals surface area contributed by atoms with E-state index in [0.29, 0.717) is 6.42 Å². The molecule has 1 N–H and O–H groups in total. The van der Waals surface area contributed by atoms with Crippen molar-refractivity contribution in [2.75, 3.05) is 11.5 Å². The van der Waals surface area contributed by atoms with Gasteiger partial charge in [-0.3, -0.25) is 4.79 Å². The van der Waals surface area contributed by atoms with Gasteiger partial charge in [0.15, 0.2) is 9.84 Å². The molecule has 0 spiro atoms. The lowest BCUT2D eigenvalue weighted by Gasteiger charge is -2.11. The minimum atomic E-state index is -2.93. The number of rotatable bonds is 3. The molecule has 0 radical (unpaired) electrons. The van der Waals surface area contributed by atoms with Crippen LogP contribution in [0.4, 0.5) is 0 Å². The van der Waals surface area contributed by atoms with Crippen molar-refractivity contribution in [2.24, 2.45) is 17.3 Å². The Morgan fingerprint density at radius 1 is 1.32 bits per heavy atom. The van der Waals surface area contributed by atoms with Gasteiger partial charge in [0.1, 0.15) is 0 Å². The van der Waals surface area contributed by atoms with Crippen LogP contribution in [-0.4, -0.2) is 31.9 Å². The average molecular weight is 285 g/mol. The summed E-state index contributed by atoms with van der Waals surface area (Å²) in [5, 5.41) is 2.91. The van der Waals surface area contributed by atoms with Crippen LogP contribution < -0.4 is 5.32 Å². The van der Waals surface area contributed by atoms with Crippen molar-refractivity contribution in [3.05, 3.63) is 11.6 Å². The average Bonchev–Trinajstić information content (AvgIpc) is 2.59. The van der Waals surface area contributed by atoms with Crippen LogP contribution in [0.1, 0.15) is 34.1 Å². The predicted molar refractivity (Wildman–Crippen MR) is 75.4 cm³/mol. The molecule has 2 aliphatic rings. The minimum Gasteiger partial charge on any atom is -0.352 e. The highest BCUT2D eigenvalue weighted by atomic mass is 32.2. The van der Waals surface area contributed by atoms with Gasteiger partial charge in [-0.2, -0.15) is 0 Å². The molecule has 0 aromatic carbocycles. The summed E-state index contributed by atoms with van der Waals surface area (Å²) >= 11 is 0. The first-order valence-electron chi connectivity index (χ1n) is 6.79. The first-order valence-corrected chi connectivity index (χ1v) is 8.61. The molecule has 2 fully saturated rings. The maximum absolute atomic E-state index is 12.2. The molecule has 1 saturated carbocycles. The lowest BCUT2D eigenvalue weighted by atomic mass is 10.1. The van der Waals surface area contributed by atoms with E-state index in [1.54, 1.807) is 0 Å². The van der Waals surface area contributed by atoms with Crippen molar-refractivity contribution in [1.29, 1.82) is 0 Å². The standard InChI is InChI=1S/C14H23NO3S/c1-9(2)7-11-12(14(11,3)4)13(16)15-10-5-6-19(17,18)8-10/h7,10-12H,5-6,8H2,1-4H3,(H,15,16)/t10-,11+,12-/m1/s1. The summed E-state index contributed by atoms with van der Waals surface area (Å²) in [6.45, 7) is 8.25. The summed E-state index contributed by atoms with van der Waals surface area (Å²) < 4.78 is 22.8. The third-order valence-electron chi connectivity index (χ3n) is 4.28. The first-order chi connectivity index (χ1) is 8.63. The maximum Gasteiger partial charge on any atom is 0.224 e. The normalized spacial score (nSPS) is 34.6. The molecule has 0 unspecified atom stereocenters. The van der Waals surface area contributed by atoms with E-state index >= 15 is 0 Å². The molecule has 19 heavy (non-hydrogen) atoms. The summed E-state index contributed by atoms with van der Waals surface area (Å²) in [6, 6.07) is -0.193. The van der Waals surface area contributed by atoms with E-state index in [4.69, 9.17) is 0 Å². The van der Waals surface area contributed by atoms with Crippen LogP contribution in [0.15, 0.2) is 11.6 Å². The van der Waals surface area contributed by atoms with E-state index < -0.39 is 9.84 Å². The lowest BCUT2D eigenvalue weighted by molar-refractivity contribution is -0.123. The van der Waals surface area contributed by atoms with E-state index in [-0.39, 0.29) is 40.7 Å². The Labute approximate surface area is 115 Å². The van der Waals surface area contributed by atoms with Crippen molar-refractivity contribution in [3.63, 3.8) is 0 Å². The molecule has 0 aromatic rings. The molecule has 1 heterocycles.